The molecule has 310 valence electrons. The van der Waals surface area contributed by atoms with Gasteiger partial charge in [-0.05, 0) is 80.4 Å². The molecular formula is C38H53N9O10. The number of alkyl carbamates (subject to hydrolysis) is 1. The zero-order valence-electron chi connectivity index (χ0n) is 31.7. The molecule has 4 rings (SSSR count). The van der Waals surface area contributed by atoms with Crippen molar-refractivity contribution < 1.29 is 48.5 Å². The Kier molecular flexibility index (Phi) is 16.8. The van der Waals surface area contributed by atoms with Gasteiger partial charge in [0.1, 0.15) is 29.9 Å². The molecule has 1 aromatic carbocycles. The molecule has 7 atom stereocenters. The second-order valence-corrected chi connectivity index (χ2v) is 14.4. The van der Waals surface area contributed by atoms with Crippen molar-refractivity contribution in [2.45, 2.75) is 94.8 Å². The highest BCUT2D eigenvalue weighted by molar-refractivity contribution is 5.98. The number of unbranched alkanes of at least 4 members (excludes halogenated alkanes) is 1. The maximum absolute atomic E-state index is 13.9. The summed E-state index contributed by atoms with van der Waals surface area (Å²) in [5, 5.41) is 34.5. The van der Waals surface area contributed by atoms with E-state index in [2.05, 4.69) is 48.7 Å². The van der Waals surface area contributed by atoms with Crippen LogP contribution in [0.3, 0.4) is 0 Å². The largest absolute Gasteiger partial charge is 0.508 e. The van der Waals surface area contributed by atoms with Crippen molar-refractivity contribution in [3.8, 4) is 17.6 Å². The highest BCUT2D eigenvalue weighted by Gasteiger charge is 2.49. The number of phenols is 1. The molecule has 19 heteroatoms. The number of guanidine groups is 1. The lowest BCUT2D eigenvalue weighted by Gasteiger charge is -2.26. The number of benzene rings is 1. The smallest absolute Gasteiger partial charge is 0.407 e. The van der Waals surface area contributed by atoms with Gasteiger partial charge in [-0.25, -0.2) is 4.79 Å². The number of hydrogen-bond acceptors (Lipinski definition) is 10. The van der Waals surface area contributed by atoms with Crippen LogP contribution in [0.4, 0.5) is 4.79 Å². The van der Waals surface area contributed by atoms with E-state index in [0.717, 1.165) is 25.7 Å². The van der Waals surface area contributed by atoms with Gasteiger partial charge >= 0.3 is 12.1 Å². The number of carbonyl (C=O) groups is 7. The van der Waals surface area contributed by atoms with Crippen molar-refractivity contribution in [1.29, 1.82) is 0 Å². The van der Waals surface area contributed by atoms with Gasteiger partial charge in [0.2, 0.25) is 29.5 Å². The quantitative estimate of drug-likeness (QED) is 0.0437. The predicted octanol–water partition coefficient (Wildman–Crippen LogP) is -1.13. The molecule has 1 aliphatic heterocycles. The molecule has 0 spiro atoms. The Bertz CT molecular complexity index is 1690. The van der Waals surface area contributed by atoms with E-state index < -0.39 is 78.7 Å². The van der Waals surface area contributed by atoms with E-state index in [1.165, 1.54) is 24.3 Å². The number of carboxylic acid groups (broad SMARTS) is 1. The summed E-state index contributed by atoms with van der Waals surface area (Å²) in [5.74, 6) is 1.86. The van der Waals surface area contributed by atoms with E-state index in [4.69, 9.17) is 16.2 Å². The van der Waals surface area contributed by atoms with Gasteiger partial charge in [-0.1, -0.05) is 12.1 Å². The molecule has 12 N–H and O–H groups in total. The number of aliphatic imine (C=N–C) groups is 1. The Morgan fingerprint density at radius 3 is 2.05 bits per heavy atom. The molecule has 0 aromatic heterocycles. The molecule has 57 heavy (non-hydrogen) atoms. The van der Waals surface area contributed by atoms with Gasteiger partial charge in [-0.2, -0.15) is 0 Å². The fraction of sp³-hybridized carbons (Fsp3) is 0.579. The van der Waals surface area contributed by atoms with Crippen molar-refractivity contribution in [2.75, 3.05) is 26.2 Å². The van der Waals surface area contributed by atoms with Crippen molar-refractivity contribution in [1.82, 2.24) is 31.9 Å². The first-order valence-corrected chi connectivity index (χ1v) is 19.2. The third-order valence-corrected chi connectivity index (χ3v) is 10.1. The van der Waals surface area contributed by atoms with E-state index in [1.807, 2.05) is 0 Å². The molecule has 0 radical (unpaired) electrons. The van der Waals surface area contributed by atoms with E-state index >= 15 is 0 Å². The fourth-order valence-corrected chi connectivity index (χ4v) is 7.02. The Morgan fingerprint density at radius 2 is 1.40 bits per heavy atom. The van der Waals surface area contributed by atoms with Crippen LogP contribution in [-0.4, -0.2) is 108 Å². The van der Waals surface area contributed by atoms with E-state index in [9.17, 15) is 43.8 Å². The van der Waals surface area contributed by atoms with Crippen LogP contribution in [0.15, 0.2) is 29.3 Å². The number of aliphatic carboxylic acids is 1. The van der Waals surface area contributed by atoms with Crippen LogP contribution in [0, 0.1) is 29.6 Å². The number of nitrogens with zero attached hydrogens (tertiary/aromatic N) is 1. The molecule has 2 aliphatic carbocycles. The van der Waals surface area contributed by atoms with Gasteiger partial charge in [-0.15, -0.1) is 11.8 Å². The molecule has 1 aromatic rings. The number of aromatic hydroxyl groups is 1. The van der Waals surface area contributed by atoms with Crippen LogP contribution in [0.5, 0.6) is 5.75 Å². The molecule has 2 fully saturated rings. The normalized spacial score (nSPS) is 25.3. The first-order chi connectivity index (χ1) is 27.3. The summed E-state index contributed by atoms with van der Waals surface area (Å²) in [7, 11) is 0. The van der Waals surface area contributed by atoms with Crippen molar-refractivity contribution in [3.05, 3.63) is 29.8 Å². The highest BCUT2D eigenvalue weighted by Crippen LogP contribution is 2.52. The van der Waals surface area contributed by atoms with Crippen LogP contribution >= 0.6 is 0 Å². The van der Waals surface area contributed by atoms with Gasteiger partial charge in [0.15, 0.2) is 5.96 Å². The molecule has 3 aliphatic rings. The number of carboxylic acids is 1. The lowest BCUT2D eigenvalue weighted by molar-refractivity contribution is -0.141. The van der Waals surface area contributed by atoms with E-state index in [1.54, 1.807) is 0 Å². The van der Waals surface area contributed by atoms with Crippen molar-refractivity contribution in [3.63, 3.8) is 0 Å². The van der Waals surface area contributed by atoms with Crippen LogP contribution in [-0.2, 0) is 39.9 Å². The standard InChI is InChI=1S/C38H53N9O10/c39-37(40)41-17-7-11-27-33(52)43-20-31(49)44-30(19-32(50)51)36(55)47-29(18-22-12-14-23(48)15-13-22)35(54)46-28(34(53)45-27)10-5-6-16-42-38(56)57-21-26-24-8-3-1-2-4-9-25(24)26/h12-15,24-30,48H,3-11,16-21H2,(H,42,56)(H,43,52)(H,44,49)(H,45,53)(H,46,54)(H,47,55)(H,50,51)(H4,39,40,41)/t24-,25+,26?,27?,28?,29?,30?. The second-order valence-electron chi connectivity index (χ2n) is 14.4. The monoisotopic (exact) mass is 795 g/mol. The fourth-order valence-electron chi connectivity index (χ4n) is 7.02. The Hall–Kier alpha value is -6.06. The van der Waals surface area contributed by atoms with Crippen molar-refractivity contribution >= 4 is 47.6 Å². The average Bonchev–Trinajstić information content (AvgIpc) is 3.81. The van der Waals surface area contributed by atoms with Crippen molar-refractivity contribution in [2.24, 2.45) is 34.2 Å². The molecule has 1 saturated carbocycles. The minimum absolute atomic E-state index is 0.0317. The molecule has 0 bridgehead atoms. The molecule has 19 nitrogen and oxygen atoms in total. The second kappa shape index (κ2) is 21.9. The Labute approximate surface area is 330 Å². The molecule has 1 heterocycles. The third-order valence-electron chi connectivity index (χ3n) is 10.1. The highest BCUT2D eigenvalue weighted by atomic mass is 16.5. The lowest BCUT2D eigenvalue weighted by atomic mass is 10.0. The summed E-state index contributed by atoms with van der Waals surface area (Å²) in [6.45, 7) is 0.0117. The Balaban J connectivity index is 1.47. The number of rotatable bonds is 15. The Morgan fingerprint density at radius 1 is 0.807 bits per heavy atom. The summed E-state index contributed by atoms with van der Waals surface area (Å²) in [5.41, 5.74) is 11.3. The molecule has 1 saturated heterocycles. The summed E-state index contributed by atoms with van der Waals surface area (Å²) in [6.07, 6.45) is 3.23. The number of nitrogens with one attached hydrogen (secondary N) is 6. The molecule has 5 unspecified atom stereocenters. The maximum atomic E-state index is 13.9. The van der Waals surface area contributed by atoms with E-state index in [0.29, 0.717) is 42.8 Å². The number of fused-ring (bicyclic) bond motifs is 1. The van der Waals surface area contributed by atoms with Gasteiger partial charge in [0.05, 0.1) is 19.6 Å². The first kappa shape index (κ1) is 43.7. The number of carbonyl (C=O) groups excluding carboxylic acids is 6. The number of nitrogens with two attached hydrogens (primary N) is 2. The SMILES string of the molecule is NC(N)=NCCCC1NC(=O)C(CCCCNC(=O)OCC2[C@H]3CCC#CCC[C@@H]23)NC(=O)C(Cc2ccc(O)cc2)NC(=O)C(CC(=O)O)NC(=O)CNC1=O. The summed E-state index contributed by atoms with van der Waals surface area (Å²) in [4.78, 5) is 95.3. The first-order valence-electron chi connectivity index (χ1n) is 19.2. The topological polar surface area (TPSA) is 306 Å². The van der Waals surface area contributed by atoms with Gasteiger partial charge in [0.25, 0.3) is 0 Å². The number of phenolic OH excluding ortho intramolecular Hbond substituents is 1. The van der Waals surface area contributed by atoms with Crippen LogP contribution in [0.25, 0.3) is 0 Å². The predicted molar refractivity (Wildman–Crippen MR) is 205 cm³/mol. The number of hydrogen-bond donors (Lipinski definition) is 10. The van der Waals surface area contributed by atoms with Crippen LogP contribution in [0.1, 0.15) is 69.8 Å². The number of ether oxygens (including phenoxy) is 1. The van der Waals surface area contributed by atoms with Crippen LogP contribution < -0.4 is 43.4 Å². The minimum atomic E-state index is -1.63. The van der Waals surface area contributed by atoms with E-state index in [-0.39, 0.29) is 50.5 Å². The summed E-state index contributed by atoms with van der Waals surface area (Å²) < 4.78 is 5.48. The van der Waals surface area contributed by atoms with Crippen LogP contribution in [0.2, 0.25) is 0 Å². The molecular weight excluding hydrogens is 742 g/mol. The van der Waals surface area contributed by atoms with Gasteiger partial charge < -0.3 is 58.3 Å². The van der Waals surface area contributed by atoms with Gasteiger partial charge in [0, 0.05) is 32.4 Å². The summed E-state index contributed by atoms with van der Waals surface area (Å²) in [6, 6.07) is 0.328. The summed E-state index contributed by atoms with van der Waals surface area (Å²) >= 11 is 0. The number of amides is 6. The van der Waals surface area contributed by atoms with Gasteiger partial charge in [-0.3, -0.25) is 33.8 Å². The lowest BCUT2D eigenvalue weighted by Crippen LogP contribution is -2.58. The zero-order chi connectivity index (χ0) is 41.3. The zero-order valence-corrected chi connectivity index (χ0v) is 31.7. The molecule has 6 amide bonds. The average molecular weight is 796 g/mol. The minimum Gasteiger partial charge on any atom is -0.508 e. The maximum Gasteiger partial charge on any atom is 0.407 e. The third kappa shape index (κ3) is 14.8.